The van der Waals surface area contributed by atoms with Gasteiger partial charge in [-0.2, -0.15) is 0 Å². The van der Waals surface area contributed by atoms with Crippen molar-refractivity contribution in [1.29, 1.82) is 0 Å². The van der Waals surface area contributed by atoms with E-state index in [9.17, 15) is 9.59 Å². The van der Waals surface area contributed by atoms with Crippen molar-refractivity contribution in [2.75, 3.05) is 13.7 Å². The monoisotopic (exact) mass is 272 g/mol. The van der Waals surface area contributed by atoms with E-state index in [1.165, 1.54) is 39.2 Å². The number of carbonyl (C=O) groups excluding carboxylic acids is 2. The van der Waals surface area contributed by atoms with Crippen LogP contribution in [-0.2, 0) is 14.3 Å². The zero-order chi connectivity index (χ0) is 14.3. The Morgan fingerprint density at radius 1 is 1.32 bits per heavy atom. The number of nitrogens with two attached hydrogens (primary N) is 1. The largest absolute Gasteiger partial charge is 0.467 e. The summed E-state index contributed by atoms with van der Waals surface area (Å²) >= 11 is 0. The molecule has 0 aromatic heterocycles. The highest BCUT2D eigenvalue weighted by molar-refractivity contribution is 5.83. The fourth-order valence-electron chi connectivity index (χ4n) is 2.39. The van der Waals surface area contributed by atoms with Crippen molar-refractivity contribution >= 4 is 12.0 Å². The highest BCUT2D eigenvalue weighted by atomic mass is 16.5. The molecule has 1 fully saturated rings. The van der Waals surface area contributed by atoms with Crippen molar-refractivity contribution in [3.8, 4) is 0 Å². The zero-order valence-corrected chi connectivity index (χ0v) is 11.7. The van der Waals surface area contributed by atoms with Crippen molar-refractivity contribution in [1.82, 2.24) is 5.32 Å². The Morgan fingerprint density at radius 2 is 1.95 bits per heavy atom. The van der Waals surface area contributed by atoms with Gasteiger partial charge in [0.2, 0.25) is 0 Å². The van der Waals surface area contributed by atoms with Crippen molar-refractivity contribution in [2.24, 2.45) is 11.7 Å². The Hall–Kier alpha value is -1.30. The number of rotatable bonds is 6. The third kappa shape index (κ3) is 5.46. The Morgan fingerprint density at radius 3 is 2.47 bits per heavy atom. The van der Waals surface area contributed by atoms with E-state index in [0.717, 1.165) is 0 Å². The second kappa shape index (κ2) is 7.99. The molecule has 6 heteroatoms. The highest BCUT2D eigenvalue weighted by Crippen LogP contribution is 2.24. The average Bonchev–Trinajstić information content (AvgIpc) is 2.42. The van der Waals surface area contributed by atoms with E-state index in [1.807, 2.05) is 0 Å². The lowest BCUT2D eigenvalue weighted by Gasteiger charge is -2.26. The summed E-state index contributed by atoms with van der Waals surface area (Å²) in [6.07, 6.45) is 5.64. The molecule has 1 saturated carbocycles. The lowest BCUT2D eigenvalue weighted by molar-refractivity contribution is -0.147. The van der Waals surface area contributed by atoms with E-state index in [0.29, 0.717) is 12.5 Å². The topological polar surface area (TPSA) is 90.6 Å². The third-order valence-electron chi connectivity index (χ3n) is 3.54. The molecule has 3 N–H and O–H groups in total. The lowest BCUT2D eigenvalue weighted by Crippen LogP contribution is -2.51. The first-order valence-electron chi connectivity index (χ1n) is 6.80. The molecule has 0 radical (unpaired) electrons. The van der Waals surface area contributed by atoms with Gasteiger partial charge in [-0.25, -0.2) is 9.59 Å². The predicted octanol–water partition coefficient (Wildman–Crippen LogP) is 1.18. The quantitative estimate of drug-likeness (QED) is 0.710. The molecule has 2 amide bonds. The van der Waals surface area contributed by atoms with Crippen LogP contribution in [0.1, 0.15) is 39.0 Å². The van der Waals surface area contributed by atoms with Gasteiger partial charge >= 0.3 is 12.0 Å². The summed E-state index contributed by atoms with van der Waals surface area (Å²) in [6, 6.07) is -1.62. The van der Waals surface area contributed by atoms with Crippen molar-refractivity contribution in [3.05, 3.63) is 0 Å². The maximum atomic E-state index is 11.6. The molecule has 0 aromatic rings. The van der Waals surface area contributed by atoms with E-state index in [-0.39, 0.29) is 0 Å². The summed E-state index contributed by atoms with van der Waals surface area (Å²) in [4.78, 5) is 22.5. The van der Waals surface area contributed by atoms with Gasteiger partial charge in [0, 0.05) is 6.61 Å². The van der Waals surface area contributed by atoms with Crippen molar-refractivity contribution in [2.45, 2.75) is 51.2 Å². The minimum absolute atomic E-state index is 0.457. The van der Waals surface area contributed by atoms with Gasteiger partial charge in [-0.1, -0.05) is 19.3 Å². The van der Waals surface area contributed by atoms with E-state index in [1.54, 1.807) is 6.92 Å². The van der Waals surface area contributed by atoms with Gasteiger partial charge in [0.05, 0.1) is 13.2 Å². The first-order chi connectivity index (χ1) is 9.04. The second-order valence-corrected chi connectivity index (χ2v) is 5.05. The molecule has 1 aliphatic rings. The van der Waals surface area contributed by atoms with Gasteiger partial charge < -0.3 is 20.5 Å². The van der Waals surface area contributed by atoms with E-state index >= 15 is 0 Å². The molecule has 0 aliphatic heterocycles. The van der Waals surface area contributed by atoms with Crippen LogP contribution in [0.25, 0.3) is 0 Å². The number of ether oxygens (including phenoxy) is 2. The predicted molar refractivity (Wildman–Crippen MR) is 70.5 cm³/mol. The standard InChI is InChI=1S/C13H24N2O4/c1-9(11(12(16)18-2)15-13(14)17)19-8-10-6-4-3-5-7-10/h9-11H,3-8H2,1-2H3,(H3,14,15,17). The minimum atomic E-state index is -0.855. The van der Waals surface area contributed by atoms with Crippen LogP contribution in [0.15, 0.2) is 0 Å². The van der Waals surface area contributed by atoms with Gasteiger partial charge in [-0.15, -0.1) is 0 Å². The fourth-order valence-corrected chi connectivity index (χ4v) is 2.39. The number of amides is 2. The smallest absolute Gasteiger partial charge is 0.331 e. The molecule has 1 aliphatic carbocycles. The number of primary amides is 1. The summed E-state index contributed by atoms with van der Waals surface area (Å²) in [5.74, 6) is -0.00183. The number of carbonyl (C=O) groups is 2. The summed E-state index contributed by atoms with van der Waals surface area (Å²) in [6.45, 7) is 2.34. The van der Waals surface area contributed by atoms with Crippen molar-refractivity contribution < 1.29 is 19.1 Å². The Bertz CT molecular complexity index is 303. The first-order valence-corrected chi connectivity index (χ1v) is 6.80. The molecular formula is C13H24N2O4. The third-order valence-corrected chi connectivity index (χ3v) is 3.54. The van der Waals surface area contributed by atoms with Gasteiger partial charge in [-0.05, 0) is 25.7 Å². The second-order valence-electron chi connectivity index (χ2n) is 5.05. The number of hydrogen-bond donors (Lipinski definition) is 2. The molecule has 2 atom stereocenters. The molecule has 0 spiro atoms. The van der Waals surface area contributed by atoms with Crippen LogP contribution < -0.4 is 11.1 Å². The fraction of sp³-hybridized carbons (Fsp3) is 0.846. The summed E-state index contributed by atoms with van der Waals surface area (Å²) in [5, 5.41) is 2.36. The summed E-state index contributed by atoms with van der Waals surface area (Å²) in [7, 11) is 1.27. The van der Waals surface area contributed by atoms with Crippen LogP contribution in [0.3, 0.4) is 0 Å². The van der Waals surface area contributed by atoms with Crippen molar-refractivity contribution in [3.63, 3.8) is 0 Å². The van der Waals surface area contributed by atoms with Crippen LogP contribution in [0.4, 0.5) is 4.79 Å². The Kier molecular flexibility index (Phi) is 6.62. The summed E-state index contributed by atoms with van der Waals surface area (Å²) < 4.78 is 10.3. The number of urea groups is 1. The van der Waals surface area contributed by atoms with E-state index < -0.39 is 24.1 Å². The van der Waals surface area contributed by atoms with Gasteiger partial charge in [-0.3, -0.25) is 0 Å². The maximum absolute atomic E-state index is 11.6. The summed E-state index contributed by atoms with van der Waals surface area (Å²) in [5.41, 5.74) is 5.05. The van der Waals surface area contributed by atoms with Crippen LogP contribution in [0.2, 0.25) is 0 Å². The number of methoxy groups -OCH3 is 1. The number of esters is 1. The SMILES string of the molecule is COC(=O)C(NC(N)=O)C(C)OCC1CCCCC1. The van der Waals surface area contributed by atoms with Gasteiger partial charge in [0.1, 0.15) is 0 Å². The highest BCUT2D eigenvalue weighted by Gasteiger charge is 2.28. The molecule has 0 bridgehead atoms. The number of nitrogens with one attached hydrogen (secondary N) is 1. The Balaban J connectivity index is 2.43. The molecule has 0 heterocycles. The van der Waals surface area contributed by atoms with E-state index in [2.05, 4.69) is 10.1 Å². The van der Waals surface area contributed by atoms with E-state index in [4.69, 9.17) is 10.5 Å². The molecule has 0 aromatic carbocycles. The average molecular weight is 272 g/mol. The normalized spacial score (nSPS) is 19.5. The molecule has 1 rings (SSSR count). The molecule has 2 unspecified atom stereocenters. The molecular weight excluding hydrogens is 248 g/mol. The van der Waals surface area contributed by atoms with Crippen LogP contribution >= 0.6 is 0 Å². The molecule has 110 valence electrons. The zero-order valence-electron chi connectivity index (χ0n) is 11.7. The van der Waals surface area contributed by atoms with Crippen LogP contribution in [0.5, 0.6) is 0 Å². The van der Waals surface area contributed by atoms with Gasteiger partial charge in [0.25, 0.3) is 0 Å². The van der Waals surface area contributed by atoms with Crippen LogP contribution in [-0.4, -0.2) is 37.9 Å². The molecule has 6 nitrogen and oxygen atoms in total. The maximum Gasteiger partial charge on any atom is 0.331 e. The molecule has 0 saturated heterocycles. The minimum Gasteiger partial charge on any atom is -0.467 e. The van der Waals surface area contributed by atoms with Gasteiger partial charge in [0.15, 0.2) is 6.04 Å². The number of hydrogen-bond acceptors (Lipinski definition) is 4. The first kappa shape index (κ1) is 15.8. The molecule has 19 heavy (non-hydrogen) atoms. The lowest BCUT2D eigenvalue weighted by atomic mass is 9.90. The van der Waals surface area contributed by atoms with Crippen LogP contribution in [0, 0.1) is 5.92 Å². The Labute approximate surface area is 114 Å².